The Hall–Kier alpha value is -4.01. The Morgan fingerprint density at radius 3 is 1.73 bits per heavy atom. The third-order valence-electron chi connectivity index (χ3n) is 9.70. The lowest BCUT2D eigenvalue weighted by Gasteiger charge is -2.31. The van der Waals surface area contributed by atoms with Crippen molar-refractivity contribution >= 4 is 16.9 Å². The fourth-order valence-corrected chi connectivity index (χ4v) is 7.54. The molecule has 0 fully saturated rings. The Morgan fingerprint density at radius 2 is 1.10 bits per heavy atom. The average molecular weight is 523 g/mol. The molecule has 1 N–H and O–H groups in total. The molecule has 4 aliphatic rings. The number of aliphatic hydroxyl groups excluding tert-OH is 1. The van der Waals surface area contributed by atoms with Gasteiger partial charge in [-0.05, 0) is 82.7 Å². The van der Waals surface area contributed by atoms with Gasteiger partial charge >= 0.3 is 0 Å². The summed E-state index contributed by atoms with van der Waals surface area (Å²) in [6, 6.07) is 33.3. The molecular formula is C38H34O2. The summed E-state index contributed by atoms with van der Waals surface area (Å²) in [5, 5.41) is 10.8. The van der Waals surface area contributed by atoms with Gasteiger partial charge in [0.2, 0.25) is 0 Å². The van der Waals surface area contributed by atoms with Gasteiger partial charge in [0.25, 0.3) is 0 Å². The number of carbonyl (C=O) groups excluding carboxylic acids is 1. The first-order valence-electron chi connectivity index (χ1n) is 14.4. The topological polar surface area (TPSA) is 37.3 Å². The van der Waals surface area contributed by atoms with E-state index < -0.39 is 11.5 Å². The van der Waals surface area contributed by atoms with Gasteiger partial charge in [0, 0.05) is 11.0 Å². The van der Waals surface area contributed by atoms with Gasteiger partial charge in [-0.2, -0.15) is 0 Å². The molecule has 3 atom stereocenters. The van der Waals surface area contributed by atoms with Crippen LogP contribution in [0.1, 0.15) is 69.3 Å². The van der Waals surface area contributed by atoms with Crippen molar-refractivity contribution in [3.63, 3.8) is 0 Å². The molecule has 4 aliphatic carbocycles. The summed E-state index contributed by atoms with van der Waals surface area (Å²) in [7, 11) is 0. The van der Waals surface area contributed by atoms with Crippen molar-refractivity contribution in [2.45, 2.75) is 45.6 Å². The molecule has 0 radical (unpaired) electrons. The zero-order valence-corrected chi connectivity index (χ0v) is 23.2. The predicted octanol–water partition coefficient (Wildman–Crippen LogP) is 7.99. The Balaban J connectivity index is 0.000000132. The van der Waals surface area contributed by atoms with Gasteiger partial charge in [-0.25, -0.2) is 0 Å². The summed E-state index contributed by atoms with van der Waals surface area (Å²) in [6.45, 7) is 4.30. The van der Waals surface area contributed by atoms with Crippen molar-refractivity contribution in [3.05, 3.63) is 154 Å². The van der Waals surface area contributed by atoms with Crippen molar-refractivity contribution in [2.24, 2.45) is 10.8 Å². The van der Waals surface area contributed by atoms with Crippen LogP contribution in [0.4, 0.5) is 0 Å². The van der Waals surface area contributed by atoms with E-state index in [1.807, 2.05) is 24.3 Å². The largest absolute Gasteiger partial charge is 0.387 e. The van der Waals surface area contributed by atoms with E-state index >= 15 is 0 Å². The second kappa shape index (κ2) is 9.28. The first-order valence-corrected chi connectivity index (χ1v) is 14.4. The van der Waals surface area contributed by atoms with Gasteiger partial charge in [0.05, 0.1) is 11.5 Å². The van der Waals surface area contributed by atoms with E-state index in [0.29, 0.717) is 0 Å². The van der Waals surface area contributed by atoms with Gasteiger partial charge in [-0.1, -0.05) is 116 Å². The van der Waals surface area contributed by atoms with E-state index in [2.05, 4.69) is 98.8 Å². The average Bonchev–Trinajstić information content (AvgIpc) is 3.73. The molecule has 2 heteroatoms. The molecule has 40 heavy (non-hydrogen) atoms. The third-order valence-corrected chi connectivity index (χ3v) is 9.70. The van der Waals surface area contributed by atoms with Gasteiger partial charge < -0.3 is 5.11 Å². The number of ketones is 1. The van der Waals surface area contributed by atoms with Crippen molar-refractivity contribution in [2.75, 3.05) is 0 Å². The fourth-order valence-electron chi connectivity index (χ4n) is 7.54. The zero-order valence-electron chi connectivity index (χ0n) is 23.2. The second-order valence-corrected chi connectivity index (χ2v) is 12.1. The molecule has 0 bridgehead atoms. The fraction of sp³-hybridized carbons (Fsp3) is 0.237. The molecule has 0 aromatic heterocycles. The molecule has 2 nitrogen and oxygen atoms in total. The molecular weight excluding hydrogens is 488 g/mol. The molecule has 4 aromatic carbocycles. The van der Waals surface area contributed by atoms with Crippen LogP contribution in [-0.2, 0) is 25.7 Å². The van der Waals surface area contributed by atoms with E-state index in [1.54, 1.807) is 0 Å². The summed E-state index contributed by atoms with van der Waals surface area (Å²) < 4.78 is 0. The van der Waals surface area contributed by atoms with Gasteiger partial charge in [0.15, 0.2) is 5.78 Å². The molecule has 0 spiro atoms. The number of hydrogen-bond acceptors (Lipinski definition) is 2. The first-order chi connectivity index (χ1) is 19.4. The Bertz CT molecular complexity index is 1720. The van der Waals surface area contributed by atoms with E-state index in [0.717, 1.165) is 36.8 Å². The summed E-state index contributed by atoms with van der Waals surface area (Å²) in [5.74, 6) is 0.274. The molecule has 0 saturated carbocycles. The zero-order chi connectivity index (χ0) is 27.5. The molecule has 3 unspecified atom stereocenters. The number of carbonyl (C=O) groups is 1. The van der Waals surface area contributed by atoms with Crippen LogP contribution in [0.3, 0.4) is 0 Å². The molecule has 4 aromatic rings. The van der Waals surface area contributed by atoms with Crippen LogP contribution < -0.4 is 0 Å². The van der Waals surface area contributed by atoms with Crippen LogP contribution in [0.2, 0.25) is 0 Å². The minimum atomic E-state index is -0.406. The van der Waals surface area contributed by atoms with Gasteiger partial charge in [0.1, 0.15) is 0 Å². The number of fused-ring (bicyclic) bond motifs is 4. The summed E-state index contributed by atoms with van der Waals surface area (Å²) in [4.78, 5) is 12.9. The second-order valence-electron chi connectivity index (χ2n) is 12.1. The smallest absolute Gasteiger partial charge is 0.173 e. The molecule has 0 amide bonds. The van der Waals surface area contributed by atoms with Crippen LogP contribution in [0, 0.1) is 10.8 Å². The molecule has 0 saturated heterocycles. The number of allylic oxidation sites excluding steroid dienone is 3. The lowest BCUT2D eigenvalue weighted by molar-refractivity contribution is 0.0900. The molecule has 198 valence electrons. The normalized spacial score (nSPS) is 25.3. The van der Waals surface area contributed by atoms with Gasteiger partial charge in [-0.15, -0.1) is 0 Å². The predicted molar refractivity (Wildman–Crippen MR) is 162 cm³/mol. The first kappa shape index (κ1) is 25.0. The van der Waals surface area contributed by atoms with Crippen molar-refractivity contribution < 1.29 is 9.90 Å². The number of rotatable bonds is 2. The monoisotopic (exact) mass is 522 g/mol. The summed E-state index contributed by atoms with van der Waals surface area (Å²) >= 11 is 0. The molecule has 0 heterocycles. The van der Waals surface area contributed by atoms with Crippen LogP contribution in [0.5, 0.6) is 0 Å². The number of Topliss-reactive ketones (excluding diaryl/α,β-unsaturated/α-hetero) is 1. The Labute approximate surface area is 236 Å². The van der Waals surface area contributed by atoms with E-state index in [4.69, 9.17) is 0 Å². The lowest BCUT2D eigenvalue weighted by Crippen LogP contribution is -2.25. The van der Waals surface area contributed by atoms with Crippen LogP contribution >= 0.6 is 0 Å². The highest BCUT2D eigenvalue weighted by molar-refractivity contribution is 6.12. The van der Waals surface area contributed by atoms with Crippen molar-refractivity contribution in [1.82, 2.24) is 0 Å². The highest BCUT2D eigenvalue weighted by Crippen LogP contribution is 2.55. The lowest BCUT2D eigenvalue weighted by atomic mass is 9.75. The third kappa shape index (κ3) is 3.70. The molecule has 8 rings (SSSR count). The van der Waals surface area contributed by atoms with Crippen LogP contribution in [0.25, 0.3) is 11.1 Å². The maximum atomic E-state index is 12.9. The van der Waals surface area contributed by atoms with Crippen LogP contribution in [0.15, 0.2) is 109 Å². The minimum Gasteiger partial charge on any atom is -0.387 e. The number of hydrogen-bond donors (Lipinski definition) is 1. The Kier molecular flexibility index (Phi) is 5.80. The molecule has 0 aliphatic heterocycles. The quantitative estimate of drug-likeness (QED) is 0.290. The van der Waals surface area contributed by atoms with E-state index in [1.165, 1.54) is 44.5 Å². The maximum absolute atomic E-state index is 12.9. The summed E-state index contributed by atoms with van der Waals surface area (Å²) in [5.41, 5.74) is 11.7. The highest BCUT2D eigenvalue weighted by atomic mass is 16.3. The van der Waals surface area contributed by atoms with Crippen LogP contribution in [-0.4, -0.2) is 10.9 Å². The van der Waals surface area contributed by atoms with E-state index in [9.17, 15) is 9.90 Å². The Morgan fingerprint density at radius 1 is 0.600 bits per heavy atom. The minimum absolute atomic E-state index is 0.198. The highest BCUT2D eigenvalue weighted by Gasteiger charge is 2.46. The van der Waals surface area contributed by atoms with Crippen molar-refractivity contribution in [3.8, 4) is 0 Å². The SMILES string of the molecule is CC1(C2=CCc3ccccc32)Cc2ccccc2C1=O.CC1(C2=CCc3ccccc32)Cc2ccccc2C1O. The number of aliphatic hydroxyl groups is 1. The van der Waals surface area contributed by atoms with Gasteiger partial charge in [-0.3, -0.25) is 4.79 Å². The summed E-state index contributed by atoms with van der Waals surface area (Å²) in [6.07, 6.45) is 7.83. The van der Waals surface area contributed by atoms with E-state index in [-0.39, 0.29) is 11.2 Å². The maximum Gasteiger partial charge on any atom is 0.173 e. The number of benzene rings is 4. The standard InChI is InChI=1S/C19H18O.C19H16O/c2*1-19(12-14-7-3-5-9-16(14)18(19)20)17-11-10-13-6-2-4-8-15(13)17/h2-9,11,18,20H,10,12H2,1H3;2-9,11H,10,12H2,1H3. The van der Waals surface area contributed by atoms with Crippen molar-refractivity contribution in [1.29, 1.82) is 0 Å².